The maximum Gasteiger partial charge on any atom is 0.338 e. The summed E-state index contributed by atoms with van der Waals surface area (Å²) in [5, 5.41) is 0. The monoisotopic (exact) mass is 154 g/mol. The van der Waals surface area contributed by atoms with E-state index < -0.39 is 0 Å². The fraction of sp³-hybridized carbons (Fsp3) is 0.444. The van der Waals surface area contributed by atoms with Crippen molar-refractivity contribution in [2.75, 3.05) is 0 Å². The van der Waals surface area contributed by atoms with Crippen LogP contribution < -0.4 is 0 Å². The summed E-state index contributed by atoms with van der Waals surface area (Å²) < 4.78 is 4.53. The molecular formula is C9H14O2. The van der Waals surface area contributed by atoms with Crippen LogP contribution in [0.3, 0.4) is 0 Å². The maximum absolute atomic E-state index is 10.9. The second kappa shape index (κ2) is 4.72. The van der Waals surface area contributed by atoms with E-state index >= 15 is 0 Å². The Kier molecular flexibility index (Phi) is 4.27. The average Bonchev–Trinajstić information content (AvgIpc) is 1.86. The molecule has 0 N–H and O–H groups in total. The van der Waals surface area contributed by atoms with Crippen LogP contribution in [0.4, 0.5) is 0 Å². The summed E-state index contributed by atoms with van der Waals surface area (Å²) in [6.07, 6.45) is 1.79. The number of ether oxygens (including phenoxy) is 1. The van der Waals surface area contributed by atoms with Gasteiger partial charge in [-0.2, -0.15) is 0 Å². The second-order valence-electron chi connectivity index (χ2n) is 2.77. The van der Waals surface area contributed by atoms with Gasteiger partial charge in [0.2, 0.25) is 0 Å². The molecule has 0 heterocycles. The molecule has 0 fully saturated rings. The molecule has 0 aromatic rings. The van der Waals surface area contributed by atoms with Crippen molar-refractivity contribution in [3.05, 3.63) is 25.0 Å². The van der Waals surface area contributed by atoms with Crippen LogP contribution in [-0.4, -0.2) is 5.97 Å². The molecule has 62 valence electrons. The standard InChI is InChI=1S/C9H14O2/c1-5-11-9(10)8(4)6-7(2)3/h5,7H,1,4,6H2,2-3H3. The first kappa shape index (κ1) is 9.95. The molecule has 0 aromatic heterocycles. The van der Waals surface area contributed by atoms with Crippen molar-refractivity contribution in [3.8, 4) is 0 Å². The largest absolute Gasteiger partial charge is 0.432 e. The summed E-state index contributed by atoms with van der Waals surface area (Å²) in [4.78, 5) is 10.9. The van der Waals surface area contributed by atoms with Gasteiger partial charge in [0.05, 0.1) is 6.26 Å². The lowest BCUT2D eigenvalue weighted by atomic mass is 10.1. The van der Waals surface area contributed by atoms with Gasteiger partial charge in [-0.3, -0.25) is 0 Å². The highest BCUT2D eigenvalue weighted by atomic mass is 16.5. The second-order valence-corrected chi connectivity index (χ2v) is 2.77. The zero-order valence-corrected chi connectivity index (χ0v) is 7.09. The Morgan fingerprint density at radius 2 is 2.18 bits per heavy atom. The predicted molar refractivity (Wildman–Crippen MR) is 44.9 cm³/mol. The third kappa shape index (κ3) is 4.37. The lowest BCUT2D eigenvalue weighted by Crippen LogP contribution is -2.05. The molecule has 0 unspecified atom stereocenters. The van der Waals surface area contributed by atoms with Crippen LogP contribution in [0.25, 0.3) is 0 Å². The van der Waals surface area contributed by atoms with Gasteiger partial charge < -0.3 is 4.74 Å². The van der Waals surface area contributed by atoms with Crippen LogP contribution >= 0.6 is 0 Å². The smallest absolute Gasteiger partial charge is 0.338 e. The maximum atomic E-state index is 10.9. The van der Waals surface area contributed by atoms with Crippen molar-refractivity contribution < 1.29 is 9.53 Å². The number of esters is 1. The van der Waals surface area contributed by atoms with Crippen LogP contribution in [0.2, 0.25) is 0 Å². The molecule has 2 nitrogen and oxygen atoms in total. The van der Waals surface area contributed by atoms with Crippen LogP contribution in [0.5, 0.6) is 0 Å². The van der Waals surface area contributed by atoms with Gasteiger partial charge in [0.25, 0.3) is 0 Å². The topological polar surface area (TPSA) is 26.3 Å². The van der Waals surface area contributed by atoms with Crippen molar-refractivity contribution in [2.45, 2.75) is 20.3 Å². The van der Waals surface area contributed by atoms with Crippen LogP contribution in [-0.2, 0) is 9.53 Å². The van der Waals surface area contributed by atoms with E-state index in [1.54, 1.807) is 0 Å². The summed E-state index contributed by atoms with van der Waals surface area (Å²) in [6.45, 7) is 10.9. The lowest BCUT2D eigenvalue weighted by molar-refractivity contribution is -0.133. The molecule has 0 amide bonds. The van der Waals surface area contributed by atoms with Crippen LogP contribution in [0.15, 0.2) is 25.0 Å². The first-order chi connectivity index (χ1) is 5.07. The summed E-state index contributed by atoms with van der Waals surface area (Å²) in [6, 6.07) is 0. The molecular weight excluding hydrogens is 140 g/mol. The number of carbonyl (C=O) groups excluding carboxylic acids is 1. The quantitative estimate of drug-likeness (QED) is 0.353. The molecule has 11 heavy (non-hydrogen) atoms. The molecule has 0 aliphatic rings. The fourth-order valence-corrected chi connectivity index (χ4v) is 0.735. The zero-order chi connectivity index (χ0) is 8.85. The highest BCUT2D eigenvalue weighted by molar-refractivity contribution is 5.88. The average molecular weight is 154 g/mol. The fourth-order valence-electron chi connectivity index (χ4n) is 0.735. The van der Waals surface area contributed by atoms with E-state index in [-0.39, 0.29) is 5.97 Å². The van der Waals surface area contributed by atoms with Crippen molar-refractivity contribution in [1.29, 1.82) is 0 Å². The molecule has 0 spiro atoms. The van der Waals surface area contributed by atoms with Gasteiger partial charge in [-0.15, -0.1) is 0 Å². The molecule has 0 aliphatic heterocycles. The highest BCUT2D eigenvalue weighted by Gasteiger charge is 2.08. The van der Waals surface area contributed by atoms with E-state index in [1.807, 2.05) is 13.8 Å². The van der Waals surface area contributed by atoms with Gasteiger partial charge >= 0.3 is 5.97 Å². The number of hydrogen-bond donors (Lipinski definition) is 0. The van der Waals surface area contributed by atoms with Gasteiger partial charge in [-0.05, 0) is 12.3 Å². The molecule has 0 aliphatic carbocycles. The predicted octanol–water partition coefficient (Wildman–Crippen LogP) is 2.28. The van der Waals surface area contributed by atoms with E-state index in [1.165, 1.54) is 0 Å². The van der Waals surface area contributed by atoms with E-state index in [9.17, 15) is 4.79 Å². The lowest BCUT2D eigenvalue weighted by Gasteiger charge is -2.05. The summed E-state index contributed by atoms with van der Waals surface area (Å²) in [7, 11) is 0. The molecule has 0 aromatic carbocycles. The Bertz CT molecular complexity index is 168. The van der Waals surface area contributed by atoms with Gasteiger partial charge in [0, 0.05) is 5.57 Å². The first-order valence-electron chi connectivity index (χ1n) is 3.57. The Labute approximate surface area is 67.6 Å². The van der Waals surface area contributed by atoms with Gasteiger partial charge in [-0.25, -0.2) is 4.79 Å². The third-order valence-electron chi connectivity index (χ3n) is 1.13. The first-order valence-corrected chi connectivity index (χ1v) is 3.57. The van der Waals surface area contributed by atoms with Crippen LogP contribution in [0.1, 0.15) is 20.3 Å². The number of rotatable bonds is 4. The van der Waals surface area contributed by atoms with E-state index in [2.05, 4.69) is 17.9 Å². The minimum atomic E-state index is -0.381. The minimum Gasteiger partial charge on any atom is -0.432 e. The molecule has 0 atom stereocenters. The van der Waals surface area contributed by atoms with Crippen molar-refractivity contribution in [2.24, 2.45) is 5.92 Å². The van der Waals surface area contributed by atoms with Crippen LogP contribution in [0, 0.1) is 5.92 Å². The number of hydrogen-bond acceptors (Lipinski definition) is 2. The molecule has 0 rings (SSSR count). The zero-order valence-electron chi connectivity index (χ0n) is 7.09. The van der Waals surface area contributed by atoms with E-state index in [0.29, 0.717) is 17.9 Å². The summed E-state index contributed by atoms with van der Waals surface area (Å²) in [5.41, 5.74) is 0.500. The van der Waals surface area contributed by atoms with Gasteiger partial charge in [0.1, 0.15) is 0 Å². The Hall–Kier alpha value is -1.05. The molecule has 2 heteroatoms. The summed E-state index contributed by atoms with van der Waals surface area (Å²) >= 11 is 0. The van der Waals surface area contributed by atoms with Crippen molar-refractivity contribution in [1.82, 2.24) is 0 Å². The molecule has 0 bridgehead atoms. The van der Waals surface area contributed by atoms with E-state index in [4.69, 9.17) is 0 Å². The summed E-state index contributed by atoms with van der Waals surface area (Å²) in [5.74, 6) is 0.0496. The molecule has 0 saturated carbocycles. The van der Waals surface area contributed by atoms with Gasteiger partial charge in [-0.1, -0.05) is 27.0 Å². The Morgan fingerprint density at radius 3 is 2.55 bits per heavy atom. The van der Waals surface area contributed by atoms with Crippen molar-refractivity contribution in [3.63, 3.8) is 0 Å². The molecule has 0 radical (unpaired) electrons. The van der Waals surface area contributed by atoms with Crippen molar-refractivity contribution >= 4 is 5.97 Å². The van der Waals surface area contributed by atoms with E-state index in [0.717, 1.165) is 6.26 Å². The Morgan fingerprint density at radius 1 is 1.64 bits per heavy atom. The number of carbonyl (C=O) groups is 1. The normalized spacial score (nSPS) is 9.36. The SMILES string of the molecule is C=COC(=O)C(=C)CC(C)C. The minimum absolute atomic E-state index is 0.381. The molecule has 0 saturated heterocycles. The third-order valence-corrected chi connectivity index (χ3v) is 1.13. The highest BCUT2D eigenvalue weighted by Crippen LogP contribution is 2.09. The van der Waals surface area contributed by atoms with Gasteiger partial charge in [0.15, 0.2) is 0 Å². The Balaban J connectivity index is 3.83.